The average molecular weight is 283 g/mol. The van der Waals surface area contributed by atoms with Crippen molar-refractivity contribution in [2.75, 3.05) is 6.54 Å². The number of aromatic nitrogens is 2. The van der Waals surface area contributed by atoms with E-state index in [4.69, 9.17) is 4.42 Å². The molecule has 0 saturated heterocycles. The van der Waals surface area contributed by atoms with Crippen LogP contribution in [0, 0.1) is 0 Å². The van der Waals surface area contributed by atoms with Crippen LogP contribution in [0.5, 0.6) is 0 Å². The topological polar surface area (TPSA) is 43.0 Å². The number of nitrogens with zero attached hydrogens (tertiary/aromatic N) is 2. The van der Waals surface area contributed by atoms with Crippen molar-refractivity contribution in [1.29, 1.82) is 0 Å². The maximum absolute atomic E-state index is 5.68. The molecule has 110 valence electrons. The molecule has 0 spiro atoms. The van der Waals surface area contributed by atoms with Gasteiger partial charge in [-0.05, 0) is 19.0 Å². The molecule has 0 radical (unpaired) electrons. The van der Waals surface area contributed by atoms with Gasteiger partial charge in [0.25, 0.3) is 0 Å². The predicted molar refractivity (Wildman–Crippen MR) is 84.3 cm³/mol. The van der Waals surface area contributed by atoms with E-state index in [9.17, 15) is 0 Å². The smallest absolute Gasteiger partial charge is 0.134 e. The monoisotopic (exact) mass is 283 g/mol. The van der Waals surface area contributed by atoms with Gasteiger partial charge in [0.05, 0.1) is 18.5 Å². The van der Waals surface area contributed by atoms with E-state index in [0.29, 0.717) is 0 Å². The summed E-state index contributed by atoms with van der Waals surface area (Å²) in [6.45, 7) is 6.12. The lowest BCUT2D eigenvalue weighted by molar-refractivity contribution is 0.581. The lowest BCUT2D eigenvalue weighted by atomic mass is 10.0. The molecule has 1 aromatic carbocycles. The number of furan rings is 1. The van der Waals surface area contributed by atoms with Crippen LogP contribution in [0.4, 0.5) is 0 Å². The number of nitrogens with one attached hydrogen (secondary N) is 1. The fourth-order valence-corrected chi connectivity index (χ4v) is 2.71. The lowest BCUT2D eigenvalue weighted by Crippen LogP contribution is -2.21. The molecule has 1 atom stereocenters. The van der Waals surface area contributed by atoms with Gasteiger partial charge in [-0.15, -0.1) is 0 Å². The van der Waals surface area contributed by atoms with Gasteiger partial charge in [-0.2, -0.15) is 5.10 Å². The van der Waals surface area contributed by atoms with Gasteiger partial charge in [0, 0.05) is 29.3 Å². The lowest BCUT2D eigenvalue weighted by Gasteiger charge is -2.15. The van der Waals surface area contributed by atoms with Crippen LogP contribution in [0.2, 0.25) is 0 Å². The summed E-state index contributed by atoms with van der Waals surface area (Å²) in [7, 11) is 0. The molecule has 0 saturated carbocycles. The van der Waals surface area contributed by atoms with Crippen molar-refractivity contribution in [2.24, 2.45) is 0 Å². The number of hydrogen-bond donors (Lipinski definition) is 1. The van der Waals surface area contributed by atoms with E-state index < -0.39 is 0 Å². The van der Waals surface area contributed by atoms with Crippen molar-refractivity contribution in [3.8, 4) is 0 Å². The van der Waals surface area contributed by atoms with Crippen molar-refractivity contribution in [3.63, 3.8) is 0 Å². The third-order valence-electron chi connectivity index (χ3n) is 3.67. The molecule has 3 rings (SSSR count). The van der Waals surface area contributed by atoms with Crippen LogP contribution in [-0.2, 0) is 6.54 Å². The van der Waals surface area contributed by atoms with E-state index in [1.54, 1.807) is 0 Å². The van der Waals surface area contributed by atoms with E-state index in [2.05, 4.69) is 36.5 Å². The Labute approximate surface area is 124 Å². The molecule has 0 aliphatic heterocycles. The first kappa shape index (κ1) is 13.9. The maximum atomic E-state index is 5.68. The summed E-state index contributed by atoms with van der Waals surface area (Å²) in [4.78, 5) is 0. The Morgan fingerprint density at radius 2 is 2.14 bits per heavy atom. The number of benzene rings is 1. The van der Waals surface area contributed by atoms with Gasteiger partial charge in [0.1, 0.15) is 5.58 Å². The van der Waals surface area contributed by atoms with E-state index in [0.717, 1.165) is 30.5 Å². The molecule has 4 nitrogen and oxygen atoms in total. The largest absolute Gasteiger partial charge is 0.464 e. The summed E-state index contributed by atoms with van der Waals surface area (Å²) in [6.07, 6.45) is 7.01. The third-order valence-corrected chi connectivity index (χ3v) is 3.67. The highest BCUT2D eigenvalue weighted by Gasteiger charge is 2.19. The van der Waals surface area contributed by atoms with E-state index in [1.807, 2.05) is 35.3 Å². The Hall–Kier alpha value is -2.07. The second-order valence-electron chi connectivity index (χ2n) is 5.21. The first-order chi connectivity index (χ1) is 10.3. The SMILES string of the molecule is CCCn1cc(C(NCC)c2coc3ccccc23)cn1. The van der Waals surface area contributed by atoms with Gasteiger partial charge in [0.2, 0.25) is 0 Å². The van der Waals surface area contributed by atoms with E-state index in [-0.39, 0.29) is 6.04 Å². The molecule has 4 heteroatoms. The number of para-hydroxylation sites is 1. The summed E-state index contributed by atoms with van der Waals surface area (Å²) in [5, 5.41) is 9.14. The van der Waals surface area contributed by atoms with Crippen LogP contribution in [0.3, 0.4) is 0 Å². The minimum absolute atomic E-state index is 0.115. The van der Waals surface area contributed by atoms with Crippen LogP contribution in [0.1, 0.15) is 37.4 Å². The minimum atomic E-state index is 0.115. The number of hydrogen-bond acceptors (Lipinski definition) is 3. The van der Waals surface area contributed by atoms with Crippen LogP contribution in [-0.4, -0.2) is 16.3 Å². The van der Waals surface area contributed by atoms with Gasteiger partial charge in [-0.25, -0.2) is 0 Å². The van der Waals surface area contributed by atoms with Crippen LogP contribution in [0.15, 0.2) is 47.3 Å². The number of fused-ring (bicyclic) bond motifs is 1. The van der Waals surface area contributed by atoms with Crippen molar-refractivity contribution in [3.05, 3.63) is 54.0 Å². The fraction of sp³-hybridized carbons (Fsp3) is 0.353. The Morgan fingerprint density at radius 1 is 1.29 bits per heavy atom. The first-order valence-electron chi connectivity index (χ1n) is 7.55. The molecule has 3 aromatic rings. The quantitative estimate of drug-likeness (QED) is 0.749. The summed E-state index contributed by atoms with van der Waals surface area (Å²) < 4.78 is 7.69. The maximum Gasteiger partial charge on any atom is 0.134 e. The van der Waals surface area contributed by atoms with Crippen molar-refractivity contribution in [1.82, 2.24) is 15.1 Å². The summed E-state index contributed by atoms with van der Waals surface area (Å²) in [5.74, 6) is 0. The number of aryl methyl sites for hydroxylation is 1. The molecule has 0 bridgehead atoms. The Bertz CT molecular complexity index is 713. The molecule has 0 aliphatic carbocycles. The zero-order valence-corrected chi connectivity index (χ0v) is 12.5. The van der Waals surface area contributed by atoms with Crippen molar-refractivity contribution >= 4 is 11.0 Å². The summed E-state index contributed by atoms with van der Waals surface area (Å²) >= 11 is 0. The van der Waals surface area contributed by atoms with Crippen LogP contribution < -0.4 is 5.32 Å². The zero-order chi connectivity index (χ0) is 14.7. The molecule has 2 heterocycles. The minimum Gasteiger partial charge on any atom is -0.464 e. The first-order valence-corrected chi connectivity index (χ1v) is 7.55. The van der Waals surface area contributed by atoms with Crippen LogP contribution >= 0.6 is 0 Å². The van der Waals surface area contributed by atoms with Crippen molar-refractivity contribution in [2.45, 2.75) is 32.9 Å². The van der Waals surface area contributed by atoms with Gasteiger partial charge in [-0.1, -0.05) is 32.0 Å². The van der Waals surface area contributed by atoms with Gasteiger partial charge < -0.3 is 9.73 Å². The molecular weight excluding hydrogens is 262 g/mol. The van der Waals surface area contributed by atoms with Gasteiger partial charge >= 0.3 is 0 Å². The Kier molecular flexibility index (Phi) is 4.06. The summed E-state index contributed by atoms with van der Waals surface area (Å²) in [5.41, 5.74) is 3.27. The molecule has 2 aromatic heterocycles. The normalized spacial score (nSPS) is 12.9. The molecule has 1 N–H and O–H groups in total. The third kappa shape index (κ3) is 2.72. The fourth-order valence-electron chi connectivity index (χ4n) is 2.71. The summed E-state index contributed by atoms with van der Waals surface area (Å²) in [6, 6.07) is 8.27. The van der Waals surface area contributed by atoms with Crippen LogP contribution in [0.25, 0.3) is 11.0 Å². The predicted octanol–water partition coefficient (Wildman–Crippen LogP) is 3.74. The highest BCUT2D eigenvalue weighted by molar-refractivity contribution is 5.81. The van der Waals surface area contributed by atoms with Crippen molar-refractivity contribution < 1.29 is 4.42 Å². The molecule has 0 aliphatic rings. The van der Waals surface area contributed by atoms with Gasteiger partial charge in [-0.3, -0.25) is 4.68 Å². The average Bonchev–Trinajstić information content (AvgIpc) is 3.12. The molecular formula is C17H21N3O. The molecule has 21 heavy (non-hydrogen) atoms. The van der Waals surface area contributed by atoms with E-state index >= 15 is 0 Å². The second kappa shape index (κ2) is 6.14. The standard InChI is InChI=1S/C17H21N3O/c1-3-9-20-11-13(10-19-20)17(18-4-2)15-12-21-16-8-6-5-7-14(15)16/h5-8,10-12,17-18H,3-4,9H2,1-2H3. The van der Waals surface area contributed by atoms with E-state index in [1.165, 1.54) is 11.1 Å². The molecule has 0 amide bonds. The second-order valence-corrected chi connectivity index (χ2v) is 5.21. The molecule has 0 fully saturated rings. The number of rotatable bonds is 6. The zero-order valence-electron chi connectivity index (χ0n) is 12.5. The molecule has 1 unspecified atom stereocenters. The highest BCUT2D eigenvalue weighted by Crippen LogP contribution is 2.30. The van der Waals surface area contributed by atoms with Gasteiger partial charge in [0.15, 0.2) is 0 Å². The Balaban J connectivity index is 2.00. The highest BCUT2D eigenvalue weighted by atomic mass is 16.3. The Morgan fingerprint density at radius 3 is 2.95 bits per heavy atom.